The van der Waals surface area contributed by atoms with Crippen molar-refractivity contribution in [2.45, 2.75) is 13.0 Å². The van der Waals surface area contributed by atoms with E-state index in [2.05, 4.69) is 10.6 Å². The topological polar surface area (TPSA) is 70.6 Å². The van der Waals surface area contributed by atoms with Crippen molar-refractivity contribution in [2.75, 3.05) is 19.0 Å². The van der Waals surface area contributed by atoms with Gasteiger partial charge in [0.15, 0.2) is 0 Å². The second-order valence-corrected chi connectivity index (χ2v) is 5.82. The first kappa shape index (κ1) is 15.3. The van der Waals surface area contributed by atoms with Crippen LogP contribution in [-0.2, 0) is 0 Å². The minimum atomic E-state index is -0.758. The molecule has 0 radical (unpaired) electrons. The molecule has 0 aliphatic carbocycles. The highest BCUT2D eigenvalue weighted by molar-refractivity contribution is 7.16. The summed E-state index contributed by atoms with van der Waals surface area (Å²) < 4.78 is 5.06. The van der Waals surface area contributed by atoms with E-state index in [0.717, 1.165) is 21.2 Å². The normalized spacial score (nSPS) is 11.8. The molecule has 0 aliphatic heterocycles. The third kappa shape index (κ3) is 4.47. The summed E-state index contributed by atoms with van der Waals surface area (Å²) in [5, 5.41) is 16.2. The molecule has 0 spiro atoms. The Morgan fingerprint density at radius 3 is 2.57 bits per heavy atom. The van der Waals surface area contributed by atoms with Gasteiger partial charge in [0.1, 0.15) is 5.75 Å². The second kappa shape index (κ2) is 7.10. The van der Waals surface area contributed by atoms with Crippen molar-refractivity contribution in [3.8, 4) is 5.75 Å². The molecule has 112 valence electrons. The lowest BCUT2D eigenvalue weighted by Gasteiger charge is -2.13. The van der Waals surface area contributed by atoms with Gasteiger partial charge < -0.3 is 15.2 Å². The number of aryl methyl sites for hydroxylation is 1. The monoisotopic (exact) mass is 306 g/mol. The van der Waals surface area contributed by atoms with Gasteiger partial charge in [-0.05, 0) is 36.8 Å². The van der Waals surface area contributed by atoms with E-state index >= 15 is 0 Å². The number of urea groups is 1. The van der Waals surface area contributed by atoms with Gasteiger partial charge in [-0.15, -0.1) is 11.3 Å². The molecular weight excluding hydrogens is 288 g/mol. The zero-order chi connectivity index (χ0) is 15.2. The highest BCUT2D eigenvalue weighted by Gasteiger charge is 2.10. The Hall–Kier alpha value is -2.05. The summed E-state index contributed by atoms with van der Waals surface area (Å²) >= 11 is 1.50. The van der Waals surface area contributed by atoms with Crippen molar-refractivity contribution in [1.29, 1.82) is 0 Å². The molecule has 1 aromatic heterocycles. The molecular formula is C15H18N2O3S. The van der Waals surface area contributed by atoms with E-state index < -0.39 is 6.10 Å². The molecule has 2 rings (SSSR count). The molecule has 1 atom stereocenters. The van der Waals surface area contributed by atoms with Crippen molar-refractivity contribution in [3.05, 3.63) is 46.8 Å². The number of benzene rings is 1. The van der Waals surface area contributed by atoms with Crippen molar-refractivity contribution < 1.29 is 14.6 Å². The van der Waals surface area contributed by atoms with Crippen LogP contribution in [0.4, 0.5) is 9.80 Å². The number of methoxy groups -OCH3 is 1. The Bertz CT molecular complexity index is 595. The fraction of sp³-hybridized carbons (Fsp3) is 0.267. The predicted molar refractivity (Wildman–Crippen MR) is 84.0 cm³/mol. The first-order valence-corrected chi connectivity index (χ1v) is 7.33. The molecule has 3 N–H and O–H groups in total. The zero-order valence-electron chi connectivity index (χ0n) is 11.9. The number of aliphatic hydroxyl groups excluding tert-OH is 1. The molecule has 0 fully saturated rings. The van der Waals surface area contributed by atoms with Crippen molar-refractivity contribution in [1.82, 2.24) is 5.32 Å². The van der Waals surface area contributed by atoms with E-state index in [0.29, 0.717) is 0 Å². The number of thiophene rings is 1. The minimum Gasteiger partial charge on any atom is -0.497 e. The summed E-state index contributed by atoms with van der Waals surface area (Å²) in [6.07, 6.45) is -0.758. The lowest BCUT2D eigenvalue weighted by atomic mass is 10.1. The van der Waals surface area contributed by atoms with Crippen LogP contribution in [-0.4, -0.2) is 24.8 Å². The maximum atomic E-state index is 11.7. The van der Waals surface area contributed by atoms with E-state index in [9.17, 15) is 9.90 Å². The van der Waals surface area contributed by atoms with Gasteiger partial charge in [-0.1, -0.05) is 12.1 Å². The van der Waals surface area contributed by atoms with Crippen LogP contribution in [0.3, 0.4) is 0 Å². The highest BCUT2D eigenvalue weighted by atomic mass is 32.1. The molecule has 0 bridgehead atoms. The zero-order valence-corrected chi connectivity index (χ0v) is 12.7. The molecule has 21 heavy (non-hydrogen) atoms. The Kier molecular flexibility index (Phi) is 5.19. The van der Waals surface area contributed by atoms with Gasteiger partial charge in [-0.25, -0.2) is 4.79 Å². The molecule has 2 amide bonds. The smallest absolute Gasteiger partial charge is 0.319 e. The third-order valence-electron chi connectivity index (χ3n) is 2.93. The standard InChI is InChI=1S/C15H18N2O3S/c1-10-3-8-14(21-10)17-15(19)16-9-13(18)11-4-6-12(20-2)7-5-11/h3-8,13,18H,9H2,1-2H3,(H2,16,17,19). The van der Waals surface area contributed by atoms with E-state index in [4.69, 9.17) is 4.74 Å². The van der Waals surface area contributed by atoms with E-state index in [1.807, 2.05) is 19.1 Å². The van der Waals surface area contributed by atoms with Crippen molar-refractivity contribution in [2.24, 2.45) is 0 Å². The molecule has 0 aliphatic rings. The summed E-state index contributed by atoms with van der Waals surface area (Å²) in [6, 6.07) is 10.5. The first-order chi connectivity index (χ1) is 10.1. The number of amides is 2. The molecule has 6 heteroatoms. The van der Waals surface area contributed by atoms with Crippen LogP contribution >= 0.6 is 11.3 Å². The lowest BCUT2D eigenvalue weighted by molar-refractivity contribution is 0.175. The van der Waals surface area contributed by atoms with Crippen LogP contribution in [0.1, 0.15) is 16.5 Å². The summed E-state index contributed by atoms with van der Waals surface area (Å²) in [7, 11) is 1.59. The number of nitrogens with one attached hydrogen (secondary N) is 2. The summed E-state index contributed by atoms with van der Waals surface area (Å²) in [4.78, 5) is 12.8. The fourth-order valence-corrected chi connectivity index (χ4v) is 2.55. The van der Waals surface area contributed by atoms with Gasteiger partial charge in [0, 0.05) is 11.4 Å². The third-order valence-corrected chi connectivity index (χ3v) is 3.85. The summed E-state index contributed by atoms with van der Waals surface area (Å²) in [6.45, 7) is 2.11. The molecule has 1 heterocycles. The van der Waals surface area contributed by atoms with Crippen molar-refractivity contribution >= 4 is 22.4 Å². The second-order valence-electron chi connectivity index (χ2n) is 4.53. The number of carbonyl (C=O) groups excluding carboxylic acids is 1. The van der Waals surface area contributed by atoms with Gasteiger partial charge in [0.05, 0.1) is 18.2 Å². The van der Waals surface area contributed by atoms with Crippen LogP contribution in [0.5, 0.6) is 5.75 Å². The average Bonchev–Trinajstić information content (AvgIpc) is 2.90. The van der Waals surface area contributed by atoms with Crippen LogP contribution in [0, 0.1) is 6.92 Å². The van der Waals surface area contributed by atoms with E-state index in [-0.39, 0.29) is 12.6 Å². The largest absolute Gasteiger partial charge is 0.497 e. The van der Waals surface area contributed by atoms with Crippen molar-refractivity contribution in [3.63, 3.8) is 0 Å². The number of hydrogen-bond acceptors (Lipinski definition) is 4. The highest BCUT2D eigenvalue weighted by Crippen LogP contribution is 2.20. The maximum Gasteiger partial charge on any atom is 0.319 e. The number of aliphatic hydroxyl groups is 1. The van der Waals surface area contributed by atoms with Gasteiger partial charge in [0.25, 0.3) is 0 Å². The Balaban J connectivity index is 1.82. The predicted octanol–water partition coefficient (Wildman–Crippen LogP) is 2.92. The van der Waals surface area contributed by atoms with Crippen LogP contribution in [0.2, 0.25) is 0 Å². The Labute approximate surface area is 127 Å². The summed E-state index contributed by atoms with van der Waals surface area (Å²) in [5.74, 6) is 0.727. The number of ether oxygens (including phenoxy) is 1. The SMILES string of the molecule is COc1ccc(C(O)CNC(=O)Nc2ccc(C)s2)cc1. The number of carbonyl (C=O) groups is 1. The minimum absolute atomic E-state index is 0.141. The average molecular weight is 306 g/mol. The lowest BCUT2D eigenvalue weighted by Crippen LogP contribution is -2.32. The van der Waals surface area contributed by atoms with Gasteiger partial charge in [-0.3, -0.25) is 5.32 Å². The van der Waals surface area contributed by atoms with Gasteiger partial charge in [-0.2, -0.15) is 0 Å². The number of rotatable bonds is 5. The van der Waals surface area contributed by atoms with Gasteiger partial charge >= 0.3 is 6.03 Å². The van der Waals surface area contributed by atoms with E-state index in [1.54, 1.807) is 31.4 Å². The molecule has 0 saturated heterocycles. The molecule has 0 saturated carbocycles. The first-order valence-electron chi connectivity index (χ1n) is 6.52. The Morgan fingerprint density at radius 2 is 2.00 bits per heavy atom. The molecule has 1 unspecified atom stereocenters. The van der Waals surface area contributed by atoms with Crippen LogP contribution in [0.25, 0.3) is 0 Å². The van der Waals surface area contributed by atoms with E-state index in [1.165, 1.54) is 11.3 Å². The van der Waals surface area contributed by atoms with Crippen LogP contribution < -0.4 is 15.4 Å². The number of anilines is 1. The quantitative estimate of drug-likeness (QED) is 0.795. The molecule has 2 aromatic rings. The van der Waals surface area contributed by atoms with Crippen LogP contribution in [0.15, 0.2) is 36.4 Å². The fourth-order valence-electron chi connectivity index (χ4n) is 1.79. The molecule has 1 aromatic carbocycles. The molecule has 5 nitrogen and oxygen atoms in total. The summed E-state index contributed by atoms with van der Waals surface area (Å²) in [5.41, 5.74) is 0.725. The maximum absolute atomic E-state index is 11.7. The van der Waals surface area contributed by atoms with Gasteiger partial charge in [0.2, 0.25) is 0 Å². The number of hydrogen-bond donors (Lipinski definition) is 3. The Morgan fingerprint density at radius 1 is 1.29 bits per heavy atom.